The van der Waals surface area contributed by atoms with Crippen molar-refractivity contribution in [1.29, 1.82) is 0 Å². The first kappa shape index (κ1) is 16.7. The second kappa shape index (κ2) is 7.14. The van der Waals surface area contributed by atoms with Gasteiger partial charge in [-0.05, 0) is 29.8 Å². The predicted octanol–water partition coefficient (Wildman–Crippen LogP) is 2.80. The molecule has 2 N–H and O–H groups in total. The molecule has 2 aromatic carbocycles. The van der Waals surface area contributed by atoms with Crippen LogP contribution in [0, 0.1) is 0 Å². The van der Waals surface area contributed by atoms with Crippen molar-refractivity contribution in [1.82, 2.24) is 14.8 Å². The van der Waals surface area contributed by atoms with Gasteiger partial charge in [-0.1, -0.05) is 29.8 Å². The van der Waals surface area contributed by atoms with E-state index in [0.717, 1.165) is 5.69 Å². The number of amides is 1. The monoisotopic (exact) mass is 356 g/mol. The first-order chi connectivity index (χ1) is 12.0. The van der Waals surface area contributed by atoms with Crippen LogP contribution < -0.4 is 5.32 Å². The number of carbonyl (C=O) groups is 2. The summed E-state index contributed by atoms with van der Waals surface area (Å²) in [5, 5.41) is 19.7. The third-order valence-electron chi connectivity index (χ3n) is 3.54. The van der Waals surface area contributed by atoms with E-state index in [1.54, 1.807) is 41.0 Å². The highest BCUT2D eigenvalue weighted by Crippen LogP contribution is 2.25. The summed E-state index contributed by atoms with van der Waals surface area (Å²) in [4.78, 5) is 23.5. The molecule has 0 atom stereocenters. The second-order valence-corrected chi connectivity index (χ2v) is 5.63. The number of benzene rings is 2. The van der Waals surface area contributed by atoms with E-state index in [1.807, 2.05) is 0 Å². The van der Waals surface area contributed by atoms with E-state index < -0.39 is 5.97 Å². The molecule has 7 nitrogen and oxygen atoms in total. The van der Waals surface area contributed by atoms with Gasteiger partial charge in [0.15, 0.2) is 0 Å². The van der Waals surface area contributed by atoms with Crippen LogP contribution in [0.25, 0.3) is 5.69 Å². The Bertz CT molecular complexity index is 925. The van der Waals surface area contributed by atoms with Crippen LogP contribution in [0.4, 0.5) is 5.69 Å². The standard InChI is InChI=1S/C17H13ClN4O3/c18-14-6-5-12(22-9-19-20-10-22)8-15(14)21-16(23)7-11-3-1-2-4-13(11)17(24)25/h1-6,8-10H,7H2,(H,21,23)(H,24,25). The molecular formula is C17H13ClN4O3. The van der Waals surface area contributed by atoms with Crippen molar-refractivity contribution < 1.29 is 14.7 Å². The van der Waals surface area contributed by atoms with Crippen LogP contribution in [-0.4, -0.2) is 31.7 Å². The number of aromatic nitrogens is 3. The van der Waals surface area contributed by atoms with Crippen molar-refractivity contribution >= 4 is 29.2 Å². The van der Waals surface area contributed by atoms with Gasteiger partial charge in [0.1, 0.15) is 12.7 Å². The molecule has 0 aliphatic heterocycles. The number of anilines is 1. The van der Waals surface area contributed by atoms with Crippen LogP contribution in [0.2, 0.25) is 5.02 Å². The van der Waals surface area contributed by atoms with Crippen molar-refractivity contribution in [3.8, 4) is 5.69 Å². The maximum atomic E-state index is 12.3. The molecule has 0 radical (unpaired) electrons. The van der Waals surface area contributed by atoms with Crippen molar-refractivity contribution in [2.24, 2.45) is 0 Å². The number of hydrogen-bond donors (Lipinski definition) is 2. The van der Waals surface area contributed by atoms with Crippen LogP contribution >= 0.6 is 11.6 Å². The fourth-order valence-corrected chi connectivity index (χ4v) is 2.52. The highest BCUT2D eigenvalue weighted by Gasteiger charge is 2.14. The van der Waals surface area contributed by atoms with Crippen LogP contribution in [0.5, 0.6) is 0 Å². The number of carboxylic acid groups (broad SMARTS) is 1. The van der Waals surface area contributed by atoms with Crippen LogP contribution in [-0.2, 0) is 11.2 Å². The normalized spacial score (nSPS) is 10.4. The minimum atomic E-state index is -1.07. The first-order valence-electron chi connectivity index (χ1n) is 7.30. The topological polar surface area (TPSA) is 97.1 Å². The lowest BCUT2D eigenvalue weighted by Crippen LogP contribution is -2.17. The minimum Gasteiger partial charge on any atom is -0.478 e. The molecule has 126 valence electrons. The third-order valence-corrected chi connectivity index (χ3v) is 3.87. The Morgan fingerprint density at radius 1 is 1.12 bits per heavy atom. The number of carboxylic acids is 1. The van der Waals surface area contributed by atoms with Gasteiger partial charge < -0.3 is 10.4 Å². The molecule has 0 spiro atoms. The van der Waals surface area contributed by atoms with Gasteiger partial charge in [-0.25, -0.2) is 4.79 Å². The molecular weight excluding hydrogens is 344 g/mol. The van der Waals surface area contributed by atoms with Crippen molar-refractivity contribution in [3.63, 3.8) is 0 Å². The number of nitrogens with zero attached hydrogens (tertiary/aromatic N) is 3. The summed E-state index contributed by atoms with van der Waals surface area (Å²) in [6.45, 7) is 0. The first-order valence-corrected chi connectivity index (χ1v) is 7.68. The summed E-state index contributed by atoms with van der Waals surface area (Å²) < 4.78 is 1.67. The molecule has 3 aromatic rings. The van der Waals surface area contributed by atoms with Crippen molar-refractivity contribution in [2.45, 2.75) is 6.42 Å². The summed E-state index contributed by atoms with van der Waals surface area (Å²) in [6.07, 6.45) is 2.98. The Morgan fingerprint density at radius 2 is 1.84 bits per heavy atom. The summed E-state index contributed by atoms with van der Waals surface area (Å²) in [5.74, 6) is -1.44. The van der Waals surface area contributed by atoms with Gasteiger partial charge in [-0.2, -0.15) is 0 Å². The van der Waals surface area contributed by atoms with E-state index >= 15 is 0 Å². The van der Waals surface area contributed by atoms with Gasteiger partial charge >= 0.3 is 5.97 Å². The zero-order chi connectivity index (χ0) is 17.8. The van der Waals surface area contributed by atoms with Crippen molar-refractivity contribution in [2.75, 3.05) is 5.32 Å². The average molecular weight is 357 g/mol. The van der Waals surface area contributed by atoms with E-state index in [4.69, 9.17) is 11.6 Å². The lowest BCUT2D eigenvalue weighted by molar-refractivity contribution is -0.115. The van der Waals surface area contributed by atoms with E-state index in [9.17, 15) is 14.7 Å². The largest absolute Gasteiger partial charge is 0.478 e. The zero-order valence-corrected chi connectivity index (χ0v) is 13.6. The number of aromatic carboxylic acids is 1. The fraction of sp³-hybridized carbons (Fsp3) is 0.0588. The molecule has 3 rings (SSSR count). The minimum absolute atomic E-state index is 0.0737. The smallest absolute Gasteiger partial charge is 0.335 e. The molecule has 0 bridgehead atoms. The van der Waals surface area contributed by atoms with Crippen LogP contribution in [0.1, 0.15) is 15.9 Å². The Labute approximate surface area is 147 Å². The molecule has 0 aliphatic rings. The fourth-order valence-electron chi connectivity index (χ4n) is 2.35. The molecule has 1 heterocycles. The van der Waals surface area contributed by atoms with E-state index in [1.165, 1.54) is 18.7 Å². The molecule has 0 aliphatic carbocycles. The Balaban J connectivity index is 1.80. The number of nitrogens with one attached hydrogen (secondary N) is 1. The van der Waals surface area contributed by atoms with Gasteiger partial charge in [0.05, 0.1) is 28.4 Å². The van der Waals surface area contributed by atoms with Crippen LogP contribution in [0.15, 0.2) is 55.1 Å². The van der Waals surface area contributed by atoms with E-state index in [0.29, 0.717) is 16.3 Å². The molecule has 1 aromatic heterocycles. The molecule has 1 amide bonds. The van der Waals surface area contributed by atoms with Gasteiger partial charge in [0, 0.05) is 0 Å². The number of hydrogen-bond acceptors (Lipinski definition) is 4. The lowest BCUT2D eigenvalue weighted by atomic mass is 10.0. The Kier molecular flexibility index (Phi) is 4.76. The number of carbonyl (C=O) groups excluding carboxylic acids is 1. The molecule has 0 saturated heterocycles. The maximum Gasteiger partial charge on any atom is 0.335 e. The summed E-state index contributed by atoms with van der Waals surface area (Å²) in [6, 6.07) is 11.5. The molecule has 25 heavy (non-hydrogen) atoms. The van der Waals surface area contributed by atoms with Crippen LogP contribution in [0.3, 0.4) is 0 Å². The summed E-state index contributed by atoms with van der Waals surface area (Å²) in [7, 11) is 0. The SMILES string of the molecule is O=C(Cc1ccccc1C(=O)O)Nc1cc(-n2cnnc2)ccc1Cl. The molecule has 0 saturated carbocycles. The summed E-state index contributed by atoms with van der Waals surface area (Å²) >= 11 is 6.14. The molecule has 0 unspecified atom stereocenters. The maximum absolute atomic E-state index is 12.3. The molecule has 0 fully saturated rings. The number of halogens is 1. The highest BCUT2D eigenvalue weighted by molar-refractivity contribution is 6.33. The predicted molar refractivity (Wildman–Crippen MR) is 92.1 cm³/mol. The zero-order valence-electron chi connectivity index (χ0n) is 12.9. The Morgan fingerprint density at radius 3 is 2.56 bits per heavy atom. The molecule has 8 heteroatoms. The van der Waals surface area contributed by atoms with Gasteiger partial charge in [0.2, 0.25) is 5.91 Å². The van der Waals surface area contributed by atoms with Gasteiger partial charge in [-0.3, -0.25) is 9.36 Å². The summed E-state index contributed by atoms with van der Waals surface area (Å²) in [5.41, 5.74) is 1.68. The lowest BCUT2D eigenvalue weighted by Gasteiger charge is -2.11. The third kappa shape index (κ3) is 3.84. The van der Waals surface area contributed by atoms with Crippen molar-refractivity contribution in [3.05, 3.63) is 71.3 Å². The number of rotatable bonds is 5. The van der Waals surface area contributed by atoms with Gasteiger partial charge in [0.25, 0.3) is 0 Å². The van der Waals surface area contributed by atoms with E-state index in [2.05, 4.69) is 15.5 Å². The quantitative estimate of drug-likeness (QED) is 0.732. The second-order valence-electron chi connectivity index (χ2n) is 5.22. The van der Waals surface area contributed by atoms with Gasteiger partial charge in [-0.15, -0.1) is 10.2 Å². The van der Waals surface area contributed by atoms with E-state index in [-0.39, 0.29) is 17.9 Å². The Hall–Kier alpha value is -3.19. The average Bonchev–Trinajstić information content (AvgIpc) is 3.11. The highest BCUT2D eigenvalue weighted by atomic mass is 35.5.